The van der Waals surface area contributed by atoms with Crippen LogP contribution in [-0.2, 0) is 11.3 Å². The number of rotatable bonds is 9. The van der Waals surface area contributed by atoms with Crippen LogP contribution in [0.1, 0.15) is 48.4 Å². The highest BCUT2D eigenvalue weighted by Gasteiger charge is 2.23. The SMILES string of the molecule is COc1ccc(Cn2cc([C@H](CC(=O)NCC(C)C)c3ccc(C)cc3)c3ccccc32)cc1. The van der Waals surface area contributed by atoms with Gasteiger partial charge >= 0.3 is 0 Å². The monoisotopic (exact) mass is 454 g/mol. The summed E-state index contributed by atoms with van der Waals surface area (Å²) in [5.41, 5.74) is 5.95. The van der Waals surface area contributed by atoms with Gasteiger partial charge in [-0.15, -0.1) is 0 Å². The van der Waals surface area contributed by atoms with Crippen LogP contribution in [0.3, 0.4) is 0 Å². The van der Waals surface area contributed by atoms with Gasteiger partial charge in [-0.1, -0.05) is 74.0 Å². The molecule has 3 aromatic carbocycles. The number of hydrogen-bond donors (Lipinski definition) is 1. The molecule has 0 unspecified atom stereocenters. The van der Waals surface area contributed by atoms with E-state index in [9.17, 15) is 4.79 Å². The van der Waals surface area contributed by atoms with Gasteiger partial charge in [0.2, 0.25) is 5.91 Å². The number of aryl methyl sites for hydroxylation is 1. The molecule has 0 aliphatic rings. The molecule has 1 aromatic heterocycles. The third-order valence-electron chi connectivity index (χ3n) is 6.28. The summed E-state index contributed by atoms with van der Waals surface area (Å²) in [6, 6.07) is 25.3. The van der Waals surface area contributed by atoms with Gasteiger partial charge in [-0.2, -0.15) is 0 Å². The highest BCUT2D eigenvalue weighted by Crippen LogP contribution is 2.35. The van der Waals surface area contributed by atoms with E-state index in [0.29, 0.717) is 18.9 Å². The molecule has 176 valence electrons. The summed E-state index contributed by atoms with van der Waals surface area (Å²) in [6.07, 6.45) is 2.65. The predicted molar refractivity (Wildman–Crippen MR) is 140 cm³/mol. The molecule has 0 aliphatic carbocycles. The number of nitrogens with one attached hydrogen (secondary N) is 1. The Balaban J connectivity index is 1.73. The van der Waals surface area contributed by atoms with Crippen molar-refractivity contribution in [2.45, 2.75) is 39.7 Å². The Labute approximate surface area is 202 Å². The van der Waals surface area contributed by atoms with Crippen molar-refractivity contribution in [1.29, 1.82) is 0 Å². The number of hydrogen-bond acceptors (Lipinski definition) is 2. The van der Waals surface area contributed by atoms with E-state index in [2.05, 4.69) is 97.5 Å². The van der Waals surface area contributed by atoms with Crippen molar-refractivity contribution in [2.75, 3.05) is 13.7 Å². The van der Waals surface area contributed by atoms with Crippen LogP contribution >= 0.6 is 0 Å². The summed E-state index contributed by atoms with van der Waals surface area (Å²) < 4.78 is 7.60. The molecular formula is C30H34N2O2. The van der Waals surface area contributed by atoms with Gasteiger partial charge in [-0.25, -0.2) is 0 Å². The summed E-state index contributed by atoms with van der Waals surface area (Å²) >= 11 is 0. The highest BCUT2D eigenvalue weighted by atomic mass is 16.5. The smallest absolute Gasteiger partial charge is 0.220 e. The first-order valence-corrected chi connectivity index (χ1v) is 12.0. The Morgan fingerprint density at radius 3 is 2.35 bits per heavy atom. The molecule has 1 amide bonds. The minimum atomic E-state index is -0.0187. The number of amides is 1. The fourth-order valence-electron chi connectivity index (χ4n) is 4.39. The first kappa shape index (κ1) is 23.6. The summed E-state index contributed by atoms with van der Waals surface area (Å²) in [5.74, 6) is 1.35. The van der Waals surface area contributed by atoms with Gasteiger partial charge < -0.3 is 14.6 Å². The molecule has 4 aromatic rings. The van der Waals surface area contributed by atoms with Crippen molar-refractivity contribution in [3.8, 4) is 5.75 Å². The maximum Gasteiger partial charge on any atom is 0.220 e. The van der Waals surface area contributed by atoms with E-state index >= 15 is 0 Å². The van der Waals surface area contributed by atoms with Crippen molar-refractivity contribution in [1.82, 2.24) is 9.88 Å². The quantitative estimate of drug-likeness (QED) is 0.322. The molecule has 0 spiro atoms. The van der Waals surface area contributed by atoms with E-state index in [4.69, 9.17) is 4.74 Å². The minimum absolute atomic E-state index is 0.0187. The molecule has 1 atom stereocenters. The average molecular weight is 455 g/mol. The molecule has 0 aliphatic heterocycles. The van der Waals surface area contributed by atoms with E-state index in [0.717, 1.165) is 17.9 Å². The number of aromatic nitrogens is 1. The lowest BCUT2D eigenvalue weighted by Crippen LogP contribution is -2.28. The first-order valence-electron chi connectivity index (χ1n) is 12.0. The maximum atomic E-state index is 12.9. The number of carbonyl (C=O) groups is 1. The zero-order valence-electron chi connectivity index (χ0n) is 20.5. The molecule has 0 saturated heterocycles. The van der Waals surface area contributed by atoms with E-state index in [1.54, 1.807) is 7.11 Å². The molecule has 0 bridgehead atoms. The van der Waals surface area contributed by atoms with Gasteiger partial charge in [0.25, 0.3) is 0 Å². The van der Waals surface area contributed by atoms with Crippen LogP contribution in [0.15, 0.2) is 79.0 Å². The minimum Gasteiger partial charge on any atom is -0.497 e. The van der Waals surface area contributed by atoms with Crippen LogP contribution in [0.25, 0.3) is 10.9 Å². The molecule has 0 fully saturated rings. The molecule has 1 heterocycles. The summed E-state index contributed by atoms with van der Waals surface area (Å²) in [4.78, 5) is 12.9. The molecule has 1 N–H and O–H groups in total. The Kier molecular flexibility index (Phi) is 7.36. The van der Waals surface area contributed by atoms with E-state index in [1.807, 2.05) is 12.1 Å². The molecule has 34 heavy (non-hydrogen) atoms. The Morgan fingerprint density at radius 1 is 0.971 bits per heavy atom. The van der Waals surface area contributed by atoms with Gasteiger partial charge in [0.1, 0.15) is 5.75 Å². The van der Waals surface area contributed by atoms with Gasteiger partial charge in [0, 0.05) is 42.5 Å². The van der Waals surface area contributed by atoms with E-state index in [-0.39, 0.29) is 11.8 Å². The topological polar surface area (TPSA) is 43.3 Å². The van der Waals surface area contributed by atoms with Gasteiger partial charge in [-0.3, -0.25) is 4.79 Å². The van der Waals surface area contributed by atoms with Crippen molar-refractivity contribution in [3.63, 3.8) is 0 Å². The lowest BCUT2D eigenvalue weighted by Gasteiger charge is -2.18. The summed E-state index contributed by atoms with van der Waals surface area (Å²) in [5, 5.41) is 4.30. The number of nitrogens with zero attached hydrogens (tertiary/aromatic N) is 1. The lowest BCUT2D eigenvalue weighted by molar-refractivity contribution is -0.121. The number of carbonyl (C=O) groups excluding carboxylic acids is 1. The zero-order chi connectivity index (χ0) is 24.1. The third-order valence-corrected chi connectivity index (χ3v) is 6.28. The van der Waals surface area contributed by atoms with Gasteiger partial charge in [0.15, 0.2) is 0 Å². The molecule has 4 rings (SSSR count). The van der Waals surface area contributed by atoms with E-state index < -0.39 is 0 Å². The molecule has 4 nitrogen and oxygen atoms in total. The number of fused-ring (bicyclic) bond motifs is 1. The second kappa shape index (κ2) is 10.6. The van der Waals surface area contributed by atoms with Crippen LogP contribution in [0.2, 0.25) is 0 Å². The van der Waals surface area contributed by atoms with Crippen LogP contribution in [-0.4, -0.2) is 24.1 Å². The first-order chi connectivity index (χ1) is 16.4. The van der Waals surface area contributed by atoms with Crippen molar-refractivity contribution in [2.24, 2.45) is 5.92 Å². The normalized spacial score (nSPS) is 12.1. The van der Waals surface area contributed by atoms with Crippen molar-refractivity contribution in [3.05, 3.63) is 101 Å². The lowest BCUT2D eigenvalue weighted by atomic mass is 9.87. The van der Waals surface area contributed by atoms with Gasteiger partial charge in [0.05, 0.1) is 7.11 Å². The Morgan fingerprint density at radius 2 is 1.68 bits per heavy atom. The summed E-state index contributed by atoms with van der Waals surface area (Å²) in [6.45, 7) is 7.77. The number of ether oxygens (including phenoxy) is 1. The second-order valence-corrected chi connectivity index (χ2v) is 9.44. The number of benzene rings is 3. The zero-order valence-corrected chi connectivity index (χ0v) is 20.5. The fraction of sp³-hybridized carbons (Fsp3) is 0.300. The summed E-state index contributed by atoms with van der Waals surface area (Å²) in [7, 11) is 1.68. The van der Waals surface area contributed by atoms with Crippen LogP contribution in [0.4, 0.5) is 0 Å². The molecule has 4 heteroatoms. The predicted octanol–water partition coefficient (Wildman–Crippen LogP) is 6.30. The highest BCUT2D eigenvalue weighted by molar-refractivity contribution is 5.86. The number of methoxy groups -OCH3 is 1. The standard InChI is InChI=1S/C30H34N2O2/c1-21(2)18-31-30(33)17-27(24-13-9-22(3)10-14-24)28-20-32(29-8-6-5-7-26(28)29)19-23-11-15-25(34-4)16-12-23/h5-16,20-21,27H,17-19H2,1-4H3,(H,31,33)/t27-/m1/s1. The molecule has 0 radical (unpaired) electrons. The Bertz CT molecular complexity index is 1240. The van der Waals surface area contributed by atoms with Crippen LogP contribution in [0.5, 0.6) is 5.75 Å². The average Bonchev–Trinajstić information content (AvgIpc) is 3.20. The van der Waals surface area contributed by atoms with Gasteiger partial charge in [-0.05, 0) is 47.7 Å². The van der Waals surface area contributed by atoms with Crippen molar-refractivity contribution >= 4 is 16.8 Å². The van der Waals surface area contributed by atoms with Crippen LogP contribution in [0, 0.1) is 12.8 Å². The Hall–Kier alpha value is -3.53. The molecule has 0 saturated carbocycles. The van der Waals surface area contributed by atoms with Crippen LogP contribution < -0.4 is 10.1 Å². The fourth-order valence-corrected chi connectivity index (χ4v) is 4.39. The molecular weight excluding hydrogens is 420 g/mol. The van der Waals surface area contributed by atoms with E-state index in [1.165, 1.54) is 27.6 Å². The second-order valence-electron chi connectivity index (χ2n) is 9.44. The largest absolute Gasteiger partial charge is 0.497 e. The number of para-hydroxylation sites is 1. The maximum absolute atomic E-state index is 12.9. The van der Waals surface area contributed by atoms with Crippen molar-refractivity contribution < 1.29 is 9.53 Å². The third kappa shape index (κ3) is 5.51.